The molecule has 0 N–H and O–H groups in total. The lowest BCUT2D eigenvalue weighted by molar-refractivity contribution is 1.05. The Morgan fingerprint density at radius 2 is 1.83 bits per heavy atom. The Bertz CT molecular complexity index is 690. The first-order valence-electron chi connectivity index (χ1n) is 5.60. The van der Waals surface area contributed by atoms with Gasteiger partial charge in [-0.2, -0.15) is 0 Å². The molecule has 0 radical (unpaired) electrons. The van der Waals surface area contributed by atoms with Gasteiger partial charge in [0.05, 0.1) is 10.6 Å². The van der Waals surface area contributed by atoms with Crippen molar-refractivity contribution >= 4 is 51.6 Å². The van der Waals surface area contributed by atoms with Gasteiger partial charge in [-0.1, -0.05) is 28.1 Å². The average molecular weight is 336 g/mol. The molecule has 0 unspecified atom stereocenters. The van der Waals surface area contributed by atoms with Crippen LogP contribution >= 0.6 is 39.5 Å². The van der Waals surface area contributed by atoms with Gasteiger partial charge >= 0.3 is 0 Å². The molecular weight excluding hydrogens is 326 g/mol. The molecule has 18 heavy (non-hydrogen) atoms. The molecule has 0 fully saturated rings. The standard InChI is InChI=1S/C14H10BrNS2/c15-10-6-8-11(9-7-10)16-12-4-2-1-3-5-13(12)18-14(16)17/h2-9H,1H2. The molecule has 90 valence electrons. The molecule has 1 aromatic heterocycles. The van der Waals surface area contributed by atoms with E-state index in [2.05, 4.69) is 56.9 Å². The third kappa shape index (κ3) is 2.16. The number of thiazole rings is 1. The van der Waals surface area contributed by atoms with E-state index >= 15 is 0 Å². The van der Waals surface area contributed by atoms with E-state index in [9.17, 15) is 0 Å². The topological polar surface area (TPSA) is 4.93 Å². The molecular formula is C14H10BrNS2. The van der Waals surface area contributed by atoms with Gasteiger partial charge in [0.25, 0.3) is 0 Å². The van der Waals surface area contributed by atoms with Crippen LogP contribution < -0.4 is 0 Å². The summed E-state index contributed by atoms with van der Waals surface area (Å²) < 4.78 is 4.10. The summed E-state index contributed by atoms with van der Waals surface area (Å²) in [5, 5.41) is 0. The summed E-state index contributed by atoms with van der Waals surface area (Å²) in [6.07, 6.45) is 9.63. The predicted octanol–water partition coefficient (Wildman–Crippen LogP) is 5.46. The Hall–Kier alpha value is -0.970. The van der Waals surface area contributed by atoms with Gasteiger partial charge in [0.2, 0.25) is 0 Å². The van der Waals surface area contributed by atoms with Gasteiger partial charge in [0.15, 0.2) is 3.95 Å². The molecule has 0 saturated carbocycles. The third-order valence-electron chi connectivity index (χ3n) is 2.78. The highest BCUT2D eigenvalue weighted by Gasteiger charge is 2.11. The number of rotatable bonds is 1. The third-order valence-corrected chi connectivity index (χ3v) is 4.66. The zero-order valence-electron chi connectivity index (χ0n) is 9.47. The zero-order valence-corrected chi connectivity index (χ0v) is 12.7. The molecule has 4 heteroatoms. The maximum Gasteiger partial charge on any atom is 0.166 e. The number of allylic oxidation sites excluding steroid dienone is 2. The van der Waals surface area contributed by atoms with Crippen molar-refractivity contribution in [1.82, 2.24) is 4.57 Å². The SMILES string of the molecule is S=c1sc2c(n1-c1ccc(Br)cc1)C=CCC=C2. The van der Waals surface area contributed by atoms with Crippen LogP contribution in [0.3, 0.4) is 0 Å². The van der Waals surface area contributed by atoms with Crippen molar-refractivity contribution < 1.29 is 0 Å². The summed E-state index contributed by atoms with van der Waals surface area (Å²) >= 11 is 10.6. The van der Waals surface area contributed by atoms with Gasteiger partial charge in [-0.15, -0.1) is 11.3 Å². The highest BCUT2D eigenvalue weighted by Crippen LogP contribution is 2.28. The van der Waals surface area contributed by atoms with Crippen LogP contribution in [0.25, 0.3) is 17.8 Å². The van der Waals surface area contributed by atoms with Crippen LogP contribution in [0.4, 0.5) is 0 Å². The van der Waals surface area contributed by atoms with E-state index in [1.807, 2.05) is 12.1 Å². The molecule has 1 aliphatic carbocycles. The van der Waals surface area contributed by atoms with Crippen LogP contribution in [-0.2, 0) is 0 Å². The van der Waals surface area contributed by atoms with Gasteiger partial charge in [0, 0.05) is 10.2 Å². The van der Waals surface area contributed by atoms with Crippen molar-refractivity contribution in [1.29, 1.82) is 0 Å². The molecule has 1 aromatic carbocycles. The molecule has 2 aromatic rings. The van der Waals surface area contributed by atoms with Crippen molar-refractivity contribution in [2.45, 2.75) is 6.42 Å². The second-order valence-corrected chi connectivity index (χ2v) is 6.56. The van der Waals surface area contributed by atoms with Gasteiger partial charge in [-0.25, -0.2) is 0 Å². The Kier molecular flexibility index (Phi) is 3.33. The second-order valence-electron chi connectivity index (χ2n) is 3.97. The summed E-state index contributed by atoms with van der Waals surface area (Å²) in [6.45, 7) is 0. The second kappa shape index (κ2) is 4.96. The van der Waals surface area contributed by atoms with E-state index in [0.717, 1.165) is 20.5 Å². The van der Waals surface area contributed by atoms with Gasteiger partial charge < -0.3 is 0 Å². The number of benzene rings is 1. The lowest BCUT2D eigenvalue weighted by atomic mass is 10.3. The molecule has 0 bridgehead atoms. The summed E-state index contributed by atoms with van der Waals surface area (Å²) in [7, 11) is 0. The number of aromatic nitrogens is 1. The fraction of sp³-hybridized carbons (Fsp3) is 0.0714. The minimum atomic E-state index is 0.888. The van der Waals surface area contributed by atoms with E-state index in [1.54, 1.807) is 11.3 Å². The largest absolute Gasteiger partial charge is 0.291 e. The van der Waals surface area contributed by atoms with E-state index in [-0.39, 0.29) is 0 Å². The smallest absolute Gasteiger partial charge is 0.166 e. The lowest BCUT2D eigenvalue weighted by Crippen LogP contribution is -1.96. The van der Waals surface area contributed by atoms with Crippen molar-refractivity contribution in [2.75, 3.05) is 0 Å². The van der Waals surface area contributed by atoms with Crippen molar-refractivity contribution in [3.05, 3.63) is 55.4 Å². The Balaban J connectivity index is 2.24. The predicted molar refractivity (Wildman–Crippen MR) is 84.9 cm³/mol. The van der Waals surface area contributed by atoms with Gasteiger partial charge in [-0.05, 0) is 55.1 Å². The maximum absolute atomic E-state index is 5.48. The van der Waals surface area contributed by atoms with E-state index in [0.29, 0.717) is 0 Å². The molecule has 0 amide bonds. The fourth-order valence-electron chi connectivity index (χ4n) is 1.94. The summed E-state index contributed by atoms with van der Waals surface area (Å²) in [4.78, 5) is 1.23. The highest BCUT2D eigenvalue weighted by molar-refractivity contribution is 9.10. The first kappa shape index (κ1) is 12.1. The lowest BCUT2D eigenvalue weighted by Gasteiger charge is -2.06. The van der Waals surface area contributed by atoms with Crippen LogP contribution in [-0.4, -0.2) is 4.57 Å². The zero-order chi connectivity index (χ0) is 12.5. The molecule has 1 nitrogen and oxygen atoms in total. The normalized spacial score (nSPS) is 13.4. The number of halogens is 1. The number of fused-ring (bicyclic) bond motifs is 1. The quantitative estimate of drug-likeness (QED) is 0.626. The first-order valence-corrected chi connectivity index (χ1v) is 7.62. The fourth-order valence-corrected chi connectivity index (χ4v) is 3.59. The molecule has 1 heterocycles. The van der Waals surface area contributed by atoms with E-state index in [1.165, 1.54) is 10.6 Å². The summed E-state index contributed by atoms with van der Waals surface area (Å²) in [5.41, 5.74) is 2.29. The van der Waals surface area contributed by atoms with Gasteiger partial charge in [-0.3, -0.25) is 4.57 Å². The molecule has 0 atom stereocenters. The first-order chi connectivity index (χ1) is 8.75. The Labute approximate surface area is 123 Å². The van der Waals surface area contributed by atoms with Crippen LogP contribution in [0, 0.1) is 3.95 Å². The van der Waals surface area contributed by atoms with Crippen LogP contribution in [0.5, 0.6) is 0 Å². The van der Waals surface area contributed by atoms with Crippen molar-refractivity contribution in [2.24, 2.45) is 0 Å². The monoisotopic (exact) mass is 335 g/mol. The molecule has 1 aliphatic rings. The summed E-state index contributed by atoms with van der Waals surface area (Å²) in [6, 6.07) is 8.24. The van der Waals surface area contributed by atoms with Crippen LogP contribution in [0.15, 0.2) is 40.9 Å². The molecule has 0 saturated heterocycles. The number of hydrogen-bond donors (Lipinski definition) is 0. The minimum absolute atomic E-state index is 0.888. The van der Waals surface area contributed by atoms with Crippen LogP contribution in [0.1, 0.15) is 17.0 Å². The van der Waals surface area contributed by atoms with Crippen molar-refractivity contribution in [3.63, 3.8) is 0 Å². The average Bonchev–Trinajstić information content (AvgIpc) is 2.54. The van der Waals surface area contributed by atoms with E-state index < -0.39 is 0 Å². The van der Waals surface area contributed by atoms with E-state index in [4.69, 9.17) is 12.2 Å². The molecule has 0 spiro atoms. The Morgan fingerprint density at radius 3 is 2.61 bits per heavy atom. The van der Waals surface area contributed by atoms with Gasteiger partial charge in [0.1, 0.15) is 0 Å². The highest BCUT2D eigenvalue weighted by atomic mass is 79.9. The summed E-state index contributed by atoms with van der Waals surface area (Å²) in [5.74, 6) is 0. The Morgan fingerprint density at radius 1 is 1.11 bits per heavy atom. The maximum atomic E-state index is 5.48. The molecule has 0 aliphatic heterocycles. The van der Waals surface area contributed by atoms with Crippen molar-refractivity contribution in [3.8, 4) is 5.69 Å². The number of nitrogens with zero attached hydrogens (tertiary/aromatic N) is 1. The van der Waals surface area contributed by atoms with Crippen LogP contribution in [0.2, 0.25) is 0 Å². The minimum Gasteiger partial charge on any atom is -0.291 e. The number of hydrogen-bond acceptors (Lipinski definition) is 2. The molecule has 3 rings (SSSR count).